The second-order valence-electron chi connectivity index (χ2n) is 5.32. The van der Waals surface area contributed by atoms with Crippen molar-refractivity contribution in [2.75, 3.05) is 6.54 Å². The highest BCUT2D eigenvalue weighted by Crippen LogP contribution is 2.31. The lowest BCUT2D eigenvalue weighted by Crippen LogP contribution is -2.48. The lowest BCUT2D eigenvalue weighted by Gasteiger charge is -2.36. The van der Waals surface area contributed by atoms with Crippen molar-refractivity contribution in [3.05, 3.63) is 35.1 Å². The first-order valence-corrected chi connectivity index (χ1v) is 6.63. The summed E-state index contributed by atoms with van der Waals surface area (Å²) < 4.78 is 51.7. The molecule has 2 atom stereocenters. The van der Waals surface area contributed by atoms with Crippen molar-refractivity contribution in [1.82, 2.24) is 4.90 Å². The van der Waals surface area contributed by atoms with E-state index in [1.165, 1.54) is 4.90 Å². The SMILES string of the molecule is CC1CC(N)CCN1C(=O)c1cc(C(F)(F)F)ccc1F. The Morgan fingerprint density at radius 2 is 2.05 bits per heavy atom. The largest absolute Gasteiger partial charge is 0.416 e. The Kier molecular flexibility index (Phi) is 4.22. The number of likely N-dealkylation sites (tertiary alicyclic amines) is 1. The Morgan fingerprint density at radius 3 is 2.62 bits per heavy atom. The van der Waals surface area contributed by atoms with Gasteiger partial charge < -0.3 is 10.6 Å². The van der Waals surface area contributed by atoms with Gasteiger partial charge in [0.1, 0.15) is 5.82 Å². The van der Waals surface area contributed by atoms with Gasteiger partial charge in [0.2, 0.25) is 0 Å². The molecule has 0 aromatic heterocycles. The number of hydrogen-bond acceptors (Lipinski definition) is 2. The van der Waals surface area contributed by atoms with Crippen molar-refractivity contribution in [2.24, 2.45) is 5.73 Å². The average Bonchev–Trinajstić information content (AvgIpc) is 2.37. The molecular weight excluding hydrogens is 288 g/mol. The van der Waals surface area contributed by atoms with Crippen LogP contribution < -0.4 is 5.73 Å². The molecule has 1 saturated heterocycles. The minimum Gasteiger partial charge on any atom is -0.336 e. The maximum atomic E-state index is 13.7. The molecule has 21 heavy (non-hydrogen) atoms. The van der Waals surface area contributed by atoms with Crippen molar-refractivity contribution in [1.29, 1.82) is 0 Å². The fourth-order valence-corrected chi connectivity index (χ4v) is 2.53. The summed E-state index contributed by atoms with van der Waals surface area (Å²) in [6.07, 6.45) is -3.51. The van der Waals surface area contributed by atoms with E-state index >= 15 is 0 Å². The molecule has 0 bridgehead atoms. The molecule has 7 heteroatoms. The molecule has 0 aliphatic carbocycles. The van der Waals surface area contributed by atoms with Crippen LogP contribution in [0.2, 0.25) is 0 Å². The predicted molar refractivity (Wildman–Crippen MR) is 69.1 cm³/mol. The fourth-order valence-electron chi connectivity index (χ4n) is 2.53. The van der Waals surface area contributed by atoms with Crippen LogP contribution in [0.15, 0.2) is 18.2 Å². The highest BCUT2D eigenvalue weighted by atomic mass is 19.4. The number of nitrogens with two attached hydrogens (primary N) is 1. The van der Waals surface area contributed by atoms with E-state index in [0.29, 0.717) is 37.6 Å². The predicted octanol–water partition coefficient (Wildman–Crippen LogP) is 2.80. The molecule has 2 N–H and O–H groups in total. The van der Waals surface area contributed by atoms with Crippen molar-refractivity contribution in [2.45, 2.75) is 38.0 Å². The molecule has 0 spiro atoms. The molecule has 0 radical (unpaired) electrons. The van der Waals surface area contributed by atoms with E-state index in [1.54, 1.807) is 6.92 Å². The lowest BCUT2D eigenvalue weighted by atomic mass is 9.97. The number of benzene rings is 1. The van der Waals surface area contributed by atoms with Gasteiger partial charge in [0.25, 0.3) is 5.91 Å². The molecule has 1 aromatic rings. The summed E-state index contributed by atoms with van der Waals surface area (Å²) in [4.78, 5) is 13.7. The number of alkyl halides is 3. The quantitative estimate of drug-likeness (QED) is 0.811. The molecule has 1 aromatic carbocycles. The summed E-state index contributed by atoms with van der Waals surface area (Å²) in [6.45, 7) is 2.07. The first kappa shape index (κ1) is 15.8. The van der Waals surface area contributed by atoms with Gasteiger partial charge in [0.15, 0.2) is 0 Å². The van der Waals surface area contributed by atoms with Crippen LogP contribution in [0, 0.1) is 5.82 Å². The molecule has 116 valence electrons. The smallest absolute Gasteiger partial charge is 0.336 e. The number of carbonyl (C=O) groups excluding carboxylic acids is 1. The maximum absolute atomic E-state index is 13.7. The van der Waals surface area contributed by atoms with Crippen molar-refractivity contribution < 1.29 is 22.4 Å². The summed E-state index contributed by atoms with van der Waals surface area (Å²) in [5.41, 5.74) is 4.19. The third-order valence-corrected chi connectivity index (χ3v) is 3.70. The number of rotatable bonds is 1. The Hall–Kier alpha value is -1.63. The van der Waals surface area contributed by atoms with Crippen molar-refractivity contribution in [3.8, 4) is 0 Å². The molecule has 2 rings (SSSR count). The summed E-state index contributed by atoms with van der Waals surface area (Å²) in [5, 5.41) is 0. The molecule has 1 aliphatic heterocycles. The van der Waals surface area contributed by atoms with E-state index in [9.17, 15) is 22.4 Å². The van der Waals surface area contributed by atoms with Crippen LogP contribution in [0.1, 0.15) is 35.7 Å². The van der Waals surface area contributed by atoms with E-state index in [4.69, 9.17) is 5.73 Å². The van der Waals surface area contributed by atoms with Crippen LogP contribution >= 0.6 is 0 Å². The van der Waals surface area contributed by atoms with Gasteiger partial charge in [-0.15, -0.1) is 0 Å². The Bertz CT molecular complexity index is 544. The first-order valence-electron chi connectivity index (χ1n) is 6.63. The van der Waals surface area contributed by atoms with E-state index in [-0.39, 0.29) is 12.1 Å². The third-order valence-electron chi connectivity index (χ3n) is 3.70. The number of halogens is 4. The molecular formula is C14H16F4N2O. The molecule has 0 saturated carbocycles. The van der Waals surface area contributed by atoms with Gasteiger partial charge in [0, 0.05) is 18.6 Å². The van der Waals surface area contributed by atoms with Crippen LogP contribution in [-0.2, 0) is 6.18 Å². The molecule has 3 nitrogen and oxygen atoms in total. The third kappa shape index (κ3) is 3.34. The highest BCUT2D eigenvalue weighted by Gasteiger charge is 2.34. The summed E-state index contributed by atoms with van der Waals surface area (Å²) >= 11 is 0. The van der Waals surface area contributed by atoms with Gasteiger partial charge in [0.05, 0.1) is 11.1 Å². The van der Waals surface area contributed by atoms with Crippen LogP contribution in [0.5, 0.6) is 0 Å². The summed E-state index contributed by atoms with van der Waals surface area (Å²) in [7, 11) is 0. The highest BCUT2D eigenvalue weighted by molar-refractivity contribution is 5.95. The van der Waals surface area contributed by atoms with Crippen LogP contribution in [-0.4, -0.2) is 29.4 Å². The van der Waals surface area contributed by atoms with Crippen molar-refractivity contribution in [3.63, 3.8) is 0 Å². The van der Waals surface area contributed by atoms with Crippen LogP contribution in [0.3, 0.4) is 0 Å². The van der Waals surface area contributed by atoms with E-state index in [1.807, 2.05) is 0 Å². The minimum absolute atomic E-state index is 0.0459. The molecule has 2 unspecified atom stereocenters. The lowest BCUT2D eigenvalue weighted by molar-refractivity contribution is -0.137. The maximum Gasteiger partial charge on any atom is 0.416 e. The monoisotopic (exact) mass is 304 g/mol. The number of carbonyl (C=O) groups is 1. The Labute approximate surface area is 119 Å². The Balaban J connectivity index is 2.30. The van der Waals surface area contributed by atoms with Gasteiger partial charge in [-0.2, -0.15) is 13.2 Å². The second-order valence-corrected chi connectivity index (χ2v) is 5.32. The van der Waals surface area contributed by atoms with Crippen LogP contribution in [0.25, 0.3) is 0 Å². The fraction of sp³-hybridized carbons (Fsp3) is 0.500. The zero-order valence-corrected chi connectivity index (χ0v) is 11.5. The molecule has 1 aliphatic rings. The van der Waals surface area contributed by atoms with Gasteiger partial charge in [-0.1, -0.05) is 0 Å². The first-order chi connectivity index (χ1) is 9.70. The van der Waals surface area contributed by atoms with Gasteiger partial charge in [-0.3, -0.25) is 4.79 Å². The van der Waals surface area contributed by atoms with E-state index < -0.39 is 29.0 Å². The second kappa shape index (κ2) is 5.63. The summed E-state index contributed by atoms with van der Waals surface area (Å²) in [5.74, 6) is -1.67. The topological polar surface area (TPSA) is 46.3 Å². The molecule has 1 amide bonds. The van der Waals surface area contributed by atoms with Gasteiger partial charge in [-0.25, -0.2) is 4.39 Å². The normalized spacial score (nSPS) is 23.2. The zero-order valence-electron chi connectivity index (χ0n) is 11.5. The standard InChI is InChI=1S/C14H16F4N2O/c1-8-6-10(19)4-5-20(8)13(21)11-7-9(14(16,17)18)2-3-12(11)15/h2-3,7-8,10H,4-6,19H2,1H3. The van der Waals surface area contributed by atoms with E-state index in [2.05, 4.69) is 0 Å². The zero-order chi connectivity index (χ0) is 15.8. The van der Waals surface area contributed by atoms with Crippen molar-refractivity contribution >= 4 is 5.91 Å². The van der Waals surface area contributed by atoms with Gasteiger partial charge >= 0.3 is 6.18 Å². The van der Waals surface area contributed by atoms with Gasteiger partial charge in [-0.05, 0) is 38.0 Å². The van der Waals surface area contributed by atoms with Crippen LogP contribution in [0.4, 0.5) is 17.6 Å². The number of nitrogens with zero attached hydrogens (tertiary/aromatic N) is 1. The number of amides is 1. The minimum atomic E-state index is -4.61. The van der Waals surface area contributed by atoms with E-state index in [0.717, 1.165) is 0 Å². The number of hydrogen-bond donors (Lipinski definition) is 1. The Morgan fingerprint density at radius 1 is 1.38 bits per heavy atom. The average molecular weight is 304 g/mol. The number of piperidine rings is 1. The summed E-state index contributed by atoms with van der Waals surface area (Å²) in [6, 6.07) is 1.60. The molecule has 1 heterocycles. The molecule has 1 fully saturated rings.